The van der Waals surface area contributed by atoms with E-state index in [0.717, 1.165) is 0 Å². The number of carbonyl (C=O) groups excluding carboxylic acids is 1. The van der Waals surface area contributed by atoms with Crippen molar-refractivity contribution in [3.05, 3.63) is 69.8 Å². The molecule has 8 heteroatoms. The van der Waals surface area contributed by atoms with Gasteiger partial charge in [0, 0.05) is 24.8 Å². The molecule has 8 nitrogen and oxygen atoms in total. The predicted molar refractivity (Wildman–Crippen MR) is 105 cm³/mol. The van der Waals surface area contributed by atoms with Gasteiger partial charge in [0.15, 0.2) is 0 Å². The molecule has 0 unspecified atom stereocenters. The Morgan fingerprint density at radius 2 is 1.93 bits per heavy atom. The quantitative estimate of drug-likeness (QED) is 0.371. The number of nitrogens with zero attached hydrogens (tertiary/aromatic N) is 3. The van der Waals surface area contributed by atoms with Crippen LogP contribution in [0.15, 0.2) is 54.1 Å². The average molecular weight is 378 g/mol. The summed E-state index contributed by atoms with van der Waals surface area (Å²) in [5, 5.41) is 23.5. The van der Waals surface area contributed by atoms with Crippen molar-refractivity contribution >= 4 is 29.0 Å². The lowest BCUT2D eigenvalue weighted by molar-refractivity contribution is -0.384. The Hall–Kier alpha value is -3.70. The molecule has 1 heterocycles. The van der Waals surface area contributed by atoms with E-state index in [1.165, 1.54) is 12.1 Å². The molecule has 2 aromatic rings. The number of nitro groups is 1. The first-order valence-corrected chi connectivity index (χ1v) is 8.68. The van der Waals surface area contributed by atoms with Crippen molar-refractivity contribution in [1.82, 2.24) is 0 Å². The molecule has 1 amide bonds. The first-order valence-electron chi connectivity index (χ1n) is 8.68. The molecule has 3 rings (SSSR count). The maximum absolute atomic E-state index is 12.3. The number of nitriles is 1. The number of hydrogen-bond acceptors (Lipinski definition) is 6. The normalized spacial score (nSPS) is 14.2. The molecule has 1 aliphatic rings. The first kappa shape index (κ1) is 19.1. The summed E-state index contributed by atoms with van der Waals surface area (Å²) in [5.74, 6) is -0.575. The molecule has 1 N–H and O–H groups in total. The smallest absolute Gasteiger partial charge is 0.293 e. The Labute approximate surface area is 161 Å². The highest BCUT2D eigenvalue weighted by molar-refractivity contribution is 6.09. The van der Waals surface area contributed by atoms with Crippen molar-refractivity contribution in [2.45, 2.75) is 0 Å². The van der Waals surface area contributed by atoms with Gasteiger partial charge in [-0.15, -0.1) is 0 Å². The van der Waals surface area contributed by atoms with Crippen LogP contribution in [0.25, 0.3) is 6.08 Å². The molecular formula is C20H18N4O4. The van der Waals surface area contributed by atoms with Gasteiger partial charge in [-0.05, 0) is 29.8 Å². The zero-order valence-corrected chi connectivity index (χ0v) is 15.0. The third-order valence-electron chi connectivity index (χ3n) is 4.26. The summed E-state index contributed by atoms with van der Waals surface area (Å²) in [6, 6.07) is 15.3. The predicted octanol–water partition coefficient (Wildman–Crippen LogP) is 2.98. The minimum absolute atomic E-state index is 0.0728. The molecule has 2 aromatic carbocycles. The second-order valence-corrected chi connectivity index (χ2v) is 6.09. The third kappa shape index (κ3) is 4.52. The maximum Gasteiger partial charge on any atom is 0.293 e. The summed E-state index contributed by atoms with van der Waals surface area (Å²) in [5.41, 5.74) is 1.25. The molecule has 142 valence electrons. The van der Waals surface area contributed by atoms with E-state index in [9.17, 15) is 20.2 Å². The average Bonchev–Trinajstić information content (AvgIpc) is 2.73. The molecule has 1 saturated heterocycles. The van der Waals surface area contributed by atoms with Gasteiger partial charge in [-0.3, -0.25) is 14.9 Å². The highest BCUT2D eigenvalue weighted by Crippen LogP contribution is 2.30. The second-order valence-electron chi connectivity index (χ2n) is 6.09. The number of hydrogen-bond donors (Lipinski definition) is 1. The van der Waals surface area contributed by atoms with E-state index in [-0.39, 0.29) is 11.3 Å². The Bertz CT molecular complexity index is 944. The number of nitro benzene ring substituents is 1. The van der Waals surface area contributed by atoms with Gasteiger partial charge in [0.25, 0.3) is 11.6 Å². The molecule has 0 spiro atoms. The number of nitrogens with one attached hydrogen (secondary N) is 1. The van der Waals surface area contributed by atoms with E-state index in [1.54, 1.807) is 36.4 Å². The van der Waals surface area contributed by atoms with Crippen molar-refractivity contribution in [3.63, 3.8) is 0 Å². The monoisotopic (exact) mass is 378 g/mol. The lowest BCUT2D eigenvalue weighted by Crippen LogP contribution is -2.36. The van der Waals surface area contributed by atoms with Crippen LogP contribution < -0.4 is 10.2 Å². The number of benzene rings is 2. The summed E-state index contributed by atoms with van der Waals surface area (Å²) in [6.07, 6.45) is 1.34. The van der Waals surface area contributed by atoms with Gasteiger partial charge in [0.1, 0.15) is 17.3 Å². The molecular weight excluding hydrogens is 360 g/mol. The maximum atomic E-state index is 12.3. The van der Waals surface area contributed by atoms with Crippen LogP contribution in [0, 0.1) is 21.4 Å². The Balaban J connectivity index is 1.87. The van der Waals surface area contributed by atoms with Crippen LogP contribution in [0.1, 0.15) is 5.56 Å². The minimum atomic E-state index is -0.575. The molecule has 0 aromatic heterocycles. The summed E-state index contributed by atoms with van der Waals surface area (Å²) in [7, 11) is 0. The van der Waals surface area contributed by atoms with Gasteiger partial charge in [-0.1, -0.05) is 24.3 Å². The fourth-order valence-corrected chi connectivity index (χ4v) is 2.88. The molecule has 28 heavy (non-hydrogen) atoms. The fraction of sp³-hybridized carbons (Fsp3) is 0.200. The van der Waals surface area contributed by atoms with Gasteiger partial charge in [-0.25, -0.2) is 0 Å². The largest absolute Gasteiger partial charge is 0.378 e. The molecule has 0 saturated carbocycles. The number of anilines is 2. The number of amides is 1. The van der Waals surface area contributed by atoms with Gasteiger partial charge in [0.05, 0.1) is 18.1 Å². The van der Waals surface area contributed by atoms with Crippen molar-refractivity contribution in [3.8, 4) is 6.07 Å². The number of carbonyl (C=O) groups is 1. The second kappa shape index (κ2) is 8.79. The molecule has 0 atom stereocenters. The Morgan fingerprint density at radius 1 is 1.21 bits per heavy atom. The number of morpholine rings is 1. The zero-order valence-electron chi connectivity index (χ0n) is 15.0. The fourth-order valence-electron chi connectivity index (χ4n) is 2.88. The van der Waals surface area contributed by atoms with Crippen molar-refractivity contribution in [1.29, 1.82) is 5.26 Å². The van der Waals surface area contributed by atoms with Crippen LogP contribution >= 0.6 is 0 Å². The highest BCUT2D eigenvalue weighted by Gasteiger charge is 2.22. The molecule has 0 radical (unpaired) electrons. The van der Waals surface area contributed by atoms with Gasteiger partial charge >= 0.3 is 0 Å². The SMILES string of the molecule is N#C/C(=C\c1ccc(N2CCOCC2)c([N+](=O)[O-])c1)C(=O)Nc1ccccc1. The lowest BCUT2D eigenvalue weighted by atomic mass is 10.1. The number of ether oxygens (including phenoxy) is 1. The molecule has 1 aliphatic heterocycles. The van der Waals surface area contributed by atoms with Crippen LogP contribution in [0.2, 0.25) is 0 Å². The topological polar surface area (TPSA) is 108 Å². The number of para-hydroxylation sites is 1. The van der Waals surface area contributed by atoms with E-state index < -0.39 is 10.8 Å². The van der Waals surface area contributed by atoms with Crippen LogP contribution in [-0.2, 0) is 9.53 Å². The highest BCUT2D eigenvalue weighted by atomic mass is 16.6. The van der Waals surface area contributed by atoms with Gasteiger partial charge in [0.2, 0.25) is 0 Å². The van der Waals surface area contributed by atoms with Crippen LogP contribution in [0.4, 0.5) is 17.1 Å². The standard InChI is InChI=1S/C20H18N4O4/c21-14-16(20(25)22-17-4-2-1-3-5-17)12-15-6-7-18(19(13-15)24(26)27)23-8-10-28-11-9-23/h1-7,12-13H,8-11H2,(H,22,25)/b16-12+. The van der Waals surface area contributed by atoms with Crippen molar-refractivity contribution in [2.75, 3.05) is 36.5 Å². The van der Waals surface area contributed by atoms with E-state index in [2.05, 4.69) is 5.32 Å². The van der Waals surface area contributed by atoms with Crippen LogP contribution in [0.3, 0.4) is 0 Å². The third-order valence-corrected chi connectivity index (χ3v) is 4.26. The Kier molecular flexibility index (Phi) is 5.99. The lowest BCUT2D eigenvalue weighted by Gasteiger charge is -2.28. The van der Waals surface area contributed by atoms with E-state index in [1.807, 2.05) is 17.0 Å². The van der Waals surface area contributed by atoms with Crippen molar-refractivity contribution < 1.29 is 14.5 Å². The van der Waals surface area contributed by atoms with E-state index >= 15 is 0 Å². The minimum Gasteiger partial charge on any atom is -0.378 e. The summed E-state index contributed by atoms with van der Waals surface area (Å²) in [6.45, 7) is 2.16. The zero-order chi connectivity index (χ0) is 19.9. The molecule has 0 aliphatic carbocycles. The molecule has 1 fully saturated rings. The summed E-state index contributed by atoms with van der Waals surface area (Å²) < 4.78 is 5.29. The van der Waals surface area contributed by atoms with E-state index in [4.69, 9.17) is 4.74 Å². The van der Waals surface area contributed by atoms with Gasteiger partial charge in [-0.2, -0.15) is 5.26 Å². The first-order chi connectivity index (χ1) is 13.6. The number of rotatable bonds is 5. The Morgan fingerprint density at radius 3 is 2.57 bits per heavy atom. The summed E-state index contributed by atoms with van der Waals surface area (Å²) >= 11 is 0. The van der Waals surface area contributed by atoms with Crippen molar-refractivity contribution in [2.24, 2.45) is 0 Å². The van der Waals surface area contributed by atoms with Crippen LogP contribution in [-0.4, -0.2) is 37.1 Å². The summed E-state index contributed by atoms with van der Waals surface area (Å²) in [4.78, 5) is 25.3. The molecule has 0 bridgehead atoms. The van der Waals surface area contributed by atoms with E-state index in [0.29, 0.717) is 43.2 Å². The van der Waals surface area contributed by atoms with Gasteiger partial charge < -0.3 is 15.0 Å². The van der Waals surface area contributed by atoms with Crippen LogP contribution in [0.5, 0.6) is 0 Å².